The number of rotatable bonds is 3. The van der Waals surface area contributed by atoms with Crippen molar-refractivity contribution in [2.24, 2.45) is 0 Å². The van der Waals surface area contributed by atoms with Crippen LogP contribution < -0.4 is 5.32 Å². The topological polar surface area (TPSA) is 38.3 Å². The number of hydrogen-bond acceptors (Lipinski definition) is 2. The number of carbonyl (C=O) groups excluding carboxylic acids is 1. The van der Waals surface area contributed by atoms with Crippen LogP contribution in [0.4, 0.5) is 4.79 Å². The van der Waals surface area contributed by atoms with Gasteiger partial charge in [-0.05, 0) is 45.6 Å². The van der Waals surface area contributed by atoms with Crippen molar-refractivity contribution in [1.29, 1.82) is 0 Å². The summed E-state index contributed by atoms with van der Waals surface area (Å²) < 4.78 is 5.41. The van der Waals surface area contributed by atoms with Gasteiger partial charge in [0.25, 0.3) is 0 Å². The number of ether oxygens (including phenoxy) is 1. The van der Waals surface area contributed by atoms with E-state index in [9.17, 15) is 4.79 Å². The molecule has 0 atom stereocenters. The van der Waals surface area contributed by atoms with Crippen molar-refractivity contribution in [3.63, 3.8) is 0 Å². The molecular weight excluding hydrogens is 250 g/mol. The second kappa shape index (κ2) is 5.86. The van der Waals surface area contributed by atoms with Crippen molar-refractivity contribution in [1.82, 2.24) is 5.32 Å². The number of hydrogen-bond donors (Lipinski definition) is 1. The quantitative estimate of drug-likeness (QED) is 0.903. The van der Waals surface area contributed by atoms with Gasteiger partial charge in [0.15, 0.2) is 0 Å². The molecule has 3 heteroatoms. The zero-order valence-corrected chi connectivity index (χ0v) is 12.7. The van der Waals surface area contributed by atoms with E-state index in [4.69, 9.17) is 4.74 Å². The average molecular weight is 275 g/mol. The Labute approximate surface area is 121 Å². The summed E-state index contributed by atoms with van der Waals surface area (Å²) in [6.07, 6.45) is 4.98. The van der Waals surface area contributed by atoms with E-state index in [-0.39, 0.29) is 11.6 Å². The Morgan fingerprint density at radius 3 is 2.35 bits per heavy atom. The summed E-state index contributed by atoms with van der Waals surface area (Å²) in [4.78, 5) is 12.1. The summed E-state index contributed by atoms with van der Waals surface area (Å²) in [7, 11) is 0. The van der Waals surface area contributed by atoms with Gasteiger partial charge in [-0.1, -0.05) is 43.2 Å². The van der Waals surface area contributed by atoms with Crippen LogP contribution in [-0.4, -0.2) is 17.2 Å². The van der Waals surface area contributed by atoms with Gasteiger partial charge in [-0.25, -0.2) is 4.79 Å². The van der Waals surface area contributed by atoms with E-state index in [1.807, 2.05) is 39.0 Å². The minimum atomic E-state index is -0.448. The molecule has 1 saturated carbocycles. The van der Waals surface area contributed by atoms with E-state index in [1.54, 1.807) is 0 Å². The number of carbonyl (C=O) groups is 1. The summed E-state index contributed by atoms with van der Waals surface area (Å²) in [5.41, 5.74) is 0.686. The van der Waals surface area contributed by atoms with Crippen molar-refractivity contribution in [3.05, 3.63) is 35.9 Å². The van der Waals surface area contributed by atoms with Crippen molar-refractivity contribution in [2.75, 3.05) is 0 Å². The smallest absolute Gasteiger partial charge is 0.408 e. The standard InChI is InChI=1S/C17H25NO2/c1-16(2,3)20-15(19)18-17(11-7-8-12-17)13-14-9-5-4-6-10-14/h4-6,9-10H,7-8,11-13H2,1-3H3,(H,18,19). The molecule has 1 fully saturated rings. The molecule has 0 unspecified atom stereocenters. The fourth-order valence-electron chi connectivity index (χ4n) is 2.90. The van der Waals surface area contributed by atoms with E-state index in [2.05, 4.69) is 17.4 Å². The predicted octanol–water partition coefficient (Wildman–Crippen LogP) is 4.07. The van der Waals surface area contributed by atoms with Crippen LogP contribution in [0.15, 0.2) is 30.3 Å². The lowest BCUT2D eigenvalue weighted by Gasteiger charge is -2.32. The summed E-state index contributed by atoms with van der Waals surface area (Å²) in [5, 5.41) is 3.14. The predicted molar refractivity (Wildman–Crippen MR) is 80.7 cm³/mol. The third-order valence-corrected chi connectivity index (χ3v) is 3.71. The highest BCUT2D eigenvalue weighted by atomic mass is 16.6. The second-order valence-corrected chi connectivity index (χ2v) is 6.78. The van der Waals surface area contributed by atoms with Gasteiger partial charge in [0, 0.05) is 5.54 Å². The normalized spacial score (nSPS) is 17.8. The molecule has 1 aliphatic carbocycles. The van der Waals surface area contributed by atoms with Crippen LogP contribution in [0.5, 0.6) is 0 Å². The van der Waals surface area contributed by atoms with Gasteiger partial charge < -0.3 is 10.1 Å². The molecular formula is C17H25NO2. The molecule has 0 saturated heterocycles. The van der Waals surface area contributed by atoms with E-state index >= 15 is 0 Å². The van der Waals surface area contributed by atoms with E-state index in [0.29, 0.717) is 0 Å². The van der Waals surface area contributed by atoms with Crippen LogP contribution in [0.1, 0.15) is 52.0 Å². The number of alkyl carbamates (subject to hydrolysis) is 1. The van der Waals surface area contributed by atoms with Crippen LogP contribution >= 0.6 is 0 Å². The Bertz CT molecular complexity index is 442. The van der Waals surface area contributed by atoms with Crippen LogP contribution in [0.25, 0.3) is 0 Å². The lowest BCUT2D eigenvalue weighted by molar-refractivity contribution is 0.0456. The fourth-order valence-corrected chi connectivity index (χ4v) is 2.90. The molecule has 1 aromatic carbocycles. The number of amides is 1. The molecule has 0 radical (unpaired) electrons. The minimum absolute atomic E-state index is 0.135. The molecule has 0 bridgehead atoms. The maximum Gasteiger partial charge on any atom is 0.408 e. The van der Waals surface area contributed by atoms with Crippen LogP contribution in [0.2, 0.25) is 0 Å². The van der Waals surface area contributed by atoms with Gasteiger partial charge >= 0.3 is 6.09 Å². The van der Waals surface area contributed by atoms with Gasteiger partial charge in [-0.3, -0.25) is 0 Å². The Morgan fingerprint density at radius 1 is 1.20 bits per heavy atom. The van der Waals surface area contributed by atoms with Crippen molar-refractivity contribution < 1.29 is 9.53 Å². The summed E-state index contributed by atoms with van der Waals surface area (Å²) >= 11 is 0. The third-order valence-electron chi connectivity index (χ3n) is 3.71. The van der Waals surface area contributed by atoms with Crippen LogP contribution in [0.3, 0.4) is 0 Å². The SMILES string of the molecule is CC(C)(C)OC(=O)NC1(Cc2ccccc2)CCCC1. The first-order valence-electron chi connectivity index (χ1n) is 7.44. The first-order chi connectivity index (χ1) is 9.39. The number of benzene rings is 1. The lowest BCUT2D eigenvalue weighted by atomic mass is 9.89. The van der Waals surface area contributed by atoms with Crippen LogP contribution in [-0.2, 0) is 11.2 Å². The largest absolute Gasteiger partial charge is 0.444 e. The molecule has 2 rings (SSSR count). The maximum atomic E-state index is 12.1. The van der Waals surface area contributed by atoms with Crippen molar-refractivity contribution in [2.45, 2.75) is 64.0 Å². The van der Waals surface area contributed by atoms with Gasteiger partial charge in [0.2, 0.25) is 0 Å². The van der Waals surface area contributed by atoms with Crippen molar-refractivity contribution in [3.8, 4) is 0 Å². The molecule has 0 aromatic heterocycles. The van der Waals surface area contributed by atoms with Crippen LogP contribution in [0, 0.1) is 0 Å². The molecule has 110 valence electrons. The zero-order valence-electron chi connectivity index (χ0n) is 12.7. The molecule has 1 aliphatic rings. The highest BCUT2D eigenvalue weighted by Crippen LogP contribution is 2.33. The molecule has 1 amide bonds. The van der Waals surface area contributed by atoms with Gasteiger partial charge in [-0.15, -0.1) is 0 Å². The Kier molecular flexibility index (Phi) is 4.36. The van der Waals surface area contributed by atoms with E-state index in [1.165, 1.54) is 18.4 Å². The third kappa shape index (κ3) is 4.26. The number of nitrogens with one attached hydrogen (secondary N) is 1. The molecule has 0 spiro atoms. The molecule has 1 aromatic rings. The van der Waals surface area contributed by atoms with Gasteiger partial charge in [0.05, 0.1) is 0 Å². The molecule has 0 aliphatic heterocycles. The Hall–Kier alpha value is -1.51. The van der Waals surface area contributed by atoms with Gasteiger partial charge in [0.1, 0.15) is 5.60 Å². The Morgan fingerprint density at radius 2 is 1.80 bits per heavy atom. The highest BCUT2D eigenvalue weighted by Gasteiger charge is 2.36. The maximum absolute atomic E-state index is 12.1. The monoisotopic (exact) mass is 275 g/mol. The average Bonchev–Trinajstić information content (AvgIpc) is 2.75. The lowest BCUT2D eigenvalue weighted by Crippen LogP contribution is -2.49. The molecule has 0 heterocycles. The van der Waals surface area contributed by atoms with Gasteiger partial charge in [-0.2, -0.15) is 0 Å². The summed E-state index contributed by atoms with van der Waals surface area (Å²) in [6, 6.07) is 10.4. The second-order valence-electron chi connectivity index (χ2n) is 6.78. The molecule has 20 heavy (non-hydrogen) atoms. The first-order valence-corrected chi connectivity index (χ1v) is 7.44. The molecule has 1 N–H and O–H groups in total. The highest BCUT2D eigenvalue weighted by molar-refractivity contribution is 5.69. The fraction of sp³-hybridized carbons (Fsp3) is 0.588. The zero-order chi connectivity index (χ0) is 14.6. The first kappa shape index (κ1) is 14.9. The summed E-state index contributed by atoms with van der Waals surface area (Å²) in [6.45, 7) is 5.68. The molecule has 3 nitrogen and oxygen atoms in total. The minimum Gasteiger partial charge on any atom is -0.444 e. The summed E-state index contributed by atoms with van der Waals surface area (Å²) in [5.74, 6) is 0. The van der Waals surface area contributed by atoms with E-state index in [0.717, 1.165) is 19.3 Å². The Balaban J connectivity index is 2.04. The van der Waals surface area contributed by atoms with Crippen molar-refractivity contribution >= 4 is 6.09 Å². The van der Waals surface area contributed by atoms with E-state index < -0.39 is 5.60 Å².